The maximum absolute atomic E-state index is 14.2. The van der Waals surface area contributed by atoms with Crippen LogP contribution in [0.2, 0.25) is 0 Å². The van der Waals surface area contributed by atoms with Crippen molar-refractivity contribution in [3.63, 3.8) is 0 Å². The standard InChI is InChI=1S/C22H14F2N4O/c23-17-4-6-19(20(24)21(17)29)28-22-16-8-13(3-5-18(16)26-11-27-22)12-1-2-14-9-25-10-15(14)7-12/h1-8,10-11,29H,9H2,(H,26,27,28). The van der Waals surface area contributed by atoms with Crippen LogP contribution >= 0.6 is 0 Å². The van der Waals surface area contributed by atoms with Gasteiger partial charge in [-0.2, -0.15) is 0 Å². The largest absolute Gasteiger partial charge is 0.503 e. The lowest BCUT2D eigenvalue weighted by molar-refractivity contribution is 0.397. The summed E-state index contributed by atoms with van der Waals surface area (Å²) in [7, 11) is 0. The average Bonchev–Trinajstić information content (AvgIpc) is 3.22. The molecule has 142 valence electrons. The number of hydrogen-bond donors (Lipinski definition) is 2. The number of nitrogens with one attached hydrogen (secondary N) is 1. The molecule has 0 bridgehead atoms. The predicted octanol–water partition coefficient (Wildman–Crippen LogP) is 4.96. The van der Waals surface area contributed by atoms with Gasteiger partial charge < -0.3 is 10.4 Å². The Morgan fingerprint density at radius 3 is 2.66 bits per heavy atom. The number of anilines is 2. The fourth-order valence-corrected chi connectivity index (χ4v) is 3.38. The van der Waals surface area contributed by atoms with E-state index >= 15 is 0 Å². The van der Waals surface area contributed by atoms with Gasteiger partial charge in [0.25, 0.3) is 0 Å². The Hall–Kier alpha value is -3.87. The molecule has 2 heterocycles. The van der Waals surface area contributed by atoms with E-state index in [1.54, 1.807) is 0 Å². The number of phenols is 1. The summed E-state index contributed by atoms with van der Waals surface area (Å²) in [5.74, 6) is -2.79. The van der Waals surface area contributed by atoms with Crippen LogP contribution in [0.25, 0.3) is 22.0 Å². The second kappa shape index (κ2) is 6.63. The van der Waals surface area contributed by atoms with Gasteiger partial charge in [0.15, 0.2) is 17.4 Å². The maximum atomic E-state index is 14.2. The van der Waals surface area contributed by atoms with Crippen molar-refractivity contribution in [2.75, 3.05) is 5.32 Å². The van der Waals surface area contributed by atoms with Crippen molar-refractivity contribution >= 4 is 28.6 Å². The Bertz CT molecular complexity index is 1300. The molecule has 0 fully saturated rings. The quantitative estimate of drug-likeness (QED) is 0.521. The van der Waals surface area contributed by atoms with Gasteiger partial charge in [0.2, 0.25) is 0 Å². The number of aliphatic imine (C=N–C) groups is 1. The van der Waals surface area contributed by atoms with Crippen LogP contribution in [0.15, 0.2) is 59.9 Å². The zero-order valence-corrected chi connectivity index (χ0v) is 15.0. The minimum absolute atomic E-state index is 0.0805. The molecule has 0 unspecified atom stereocenters. The van der Waals surface area contributed by atoms with Crippen LogP contribution in [0.4, 0.5) is 20.3 Å². The molecule has 0 saturated heterocycles. The Kier molecular flexibility index (Phi) is 3.94. The first-order chi connectivity index (χ1) is 14.1. The first-order valence-corrected chi connectivity index (χ1v) is 8.92. The molecule has 1 aromatic heterocycles. The number of hydrogen-bond acceptors (Lipinski definition) is 5. The highest BCUT2D eigenvalue weighted by molar-refractivity contribution is 5.94. The van der Waals surface area contributed by atoms with Crippen molar-refractivity contribution in [2.45, 2.75) is 6.54 Å². The smallest absolute Gasteiger partial charge is 0.191 e. The highest BCUT2D eigenvalue weighted by Gasteiger charge is 2.15. The number of halogens is 2. The Labute approximate surface area is 164 Å². The summed E-state index contributed by atoms with van der Waals surface area (Å²) in [5.41, 5.74) is 4.82. The van der Waals surface area contributed by atoms with E-state index in [0.29, 0.717) is 23.3 Å². The lowest BCUT2D eigenvalue weighted by Crippen LogP contribution is -1.99. The molecule has 5 rings (SSSR count). The number of rotatable bonds is 3. The van der Waals surface area contributed by atoms with Crippen LogP contribution in [-0.4, -0.2) is 21.3 Å². The number of aromatic hydroxyl groups is 1. The van der Waals surface area contributed by atoms with Gasteiger partial charge in [0.05, 0.1) is 17.7 Å². The summed E-state index contributed by atoms with van der Waals surface area (Å²) in [6.45, 7) is 0.700. The number of nitrogens with zero attached hydrogens (tertiary/aromatic N) is 3. The molecule has 0 amide bonds. The molecular weight excluding hydrogens is 374 g/mol. The van der Waals surface area contributed by atoms with Gasteiger partial charge in [-0.05, 0) is 52.6 Å². The molecule has 0 atom stereocenters. The van der Waals surface area contributed by atoms with Crippen molar-refractivity contribution in [3.8, 4) is 16.9 Å². The van der Waals surface area contributed by atoms with Gasteiger partial charge in [-0.3, -0.25) is 4.99 Å². The third-order valence-electron chi connectivity index (χ3n) is 4.93. The lowest BCUT2D eigenvalue weighted by atomic mass is 9.99. The van der Waals surface area contributed by atoms with E-state index in [2.05, 4.69) is 32.4 Å². The summed E-state index contributed by atoms with van der Waals surface area (Å²) >= 11 is 0. The highest BCUT2D eigenvalue weighted by Crippen LogP contribution is 2.32. The summed E-state index contributed by atoms with van der Waals surface area (Å²) in [4.78, 5) is 12.7. The second-order valence-corrected chi connectivity index (χ2v) is 6.72. The van der Waals surface area contributed by atoms with E-state index in [1.165, 1.54) is 18.0 Å². The molecule has 0 radical (unpaired) electrons. The molecule has 2 N–H and O–H groups in total. The van der Waals surface area contributed by atoms with E-state index in [9.17, 15) is 13.9 Å². The monoisotopic (exact) mass is 388 g/mol. The molecule has 4 aromatic rings. The van der Waals surface area contributed by atoms with Gasteiger partial charge >= 0.3 is 0 Å². The van der Waals surface area contributed by atoms with Gasteiger partial charge in [0.1, 0.15) is 12.1 Å². The third kappa shape index (κ3) is 2.97. The fourth-order valence-electron chi connectivity index (χ4n) is 3.38. The highest BCUT2D eigenvalue weighted by atomic mass is 19.1. The maximum Gasteiger partial charge on any atom is 0.191 e. The van der Waals surface area contributed by atoms with Gasteiger partial charge in [-0.1, -0.05) is 18.2 Å². The molecule has 0 saturated carbocycles. The van der Waals surface area contributed by atoms with Crippen LogP contribution in [0.1, 0.15) is 11.1 Å². The van der Waals surface area contributed by atoms with Gasteiger partial charge in [-0.25, -0.2) is 18.7 Å². The van der Waals surface area contributed by atoms with Crippen LogP contribution < -0.4 is 5.32 Å². The molecule has 0 aliphatic carbocycles. The summed E-state index contributed by atoms with van der Waals surface area (Å²) in [5, 5.41) is 13.0. The number of benzene rings is 3. The summed E-state index contributed by atoms with van der Waals surface area (Å²) in [6, 6.07) is 14.1. The zero-order valence-electron chi connectivity index (χ0n) is 15.0. The molecule has 1 aliphatic heterocycles. The van der Waals surface area contributed by atoms with E-state index in [4.69, 9.17) is 0 Å². The number of aromatic nitrogens is 2. The van der Waals surface area contributed by atoms with Crippen LogP contribution in [0.5, 0.6) is 5.75 Å². The van der Waals surface area contributed by atoms with Gasteiger partial charge in [-0.15, -0.1) is 0 Å². The normalized spacial score (nSPS) is 12.3. The lowest BCUT2D eigenvalue weighted by Gasteiger charge is -2.11. The number of fused-ring (bicyclic) bond motifs is 2. The van der Waals surface area contributed by atoms with Crippen molar-refractivity contribution in [1.82, 2.24) is 9.97 Å². The van der Waals surface area contributed by atoms with Crippen LogP contribution in [0, 0.1) is 11.6 Å². The first-order valence-electron chi connectivity index (χ1n) is 8.92. The molecular formula is C22H14F2N4O. The Morgan fingerprint density at radius 1 is 0.931 bits per heavy atom. The topological polar surface area (TPSA) is 70.4 Å². The summed E-state index contributed by atoms with van der Waals surface area (Å²) in [6.07, 6.45) is 3.22. The Balaban J connectivity index is 1.59. The SMILES string of the molecule is Oc1c(F)ccc(Nc2ncnc3ccc(-c4ccc5c(c4)C=NC5)cc23)c1F. The van der Waals surface area contributed by atoms with Crippen molar-refractivity contribution in [1.29, 1.82) is 0 Å². The predicted molar refractivity (Wildman–Crippen MR) is 108 cm³/mol. The fraction of sp³-hybridized carbons (Fsp3) is 0.0455. The molecule has 3 aromatic carbocycles. The first kappa shape index (κ1) is 17.2. The third-order valence-corrected chi connectivity index (χ3v) is 4.93. The van der Waals surface area contributed by atoms with Crippen LogP contribution in [-0.2, 0) is 6.54 Å². The van der Waals surface area contributed by atoms with Crippen molar-refractivity contribution < 1.29 is 13.9 Å². The zero-order chi connectivity index (χ0) is 20.0. The molecule has 0 spiro atoms. The molecule has 29 heavy (non-hydrogen) atoms. The Morgan fingerprint density at radius 2 is 1.76 bits per heavy atom. The molecule has 7 heteroatoms. The second-order valence-electron chi connectivity index (χ2n) is 6.72. The summed E-state index contributed by atoms with van der Waals surface area (Å²) < 4.78 is 27.5. The minimum atomic E-state index is -1.08. The van der Waals surface area contributed by atoms with E-state index in [1.807, 2.05) is 30.5 Å². The average molecular weight is 388 g/mol. The van der Waals surface area contributed by atoms with Crippen molar-refractivity contribution in [3.05, 3.63) is 77.6 Å². The minimum Gasteiger partial charge on any atom is -0.503 e. The van der Waals surface area contributed by atoms with E-state index < -0.39 is 17.4 Å². The van der Waals surface area contributed by atoms with E-state index in [0.717, 1.165) is 22.8 Å². The van der Waals surface area contributed by atoms with E-state index in [-0.39, 0.29) is 5.69 Å². The van der Waals surface area contributed by atoms with Crippen LogP contribution in [0.3, 0.4) is 0 Å². The molecule has 5 nitrogen and oxygen atoms in total. The number of phenolic OH excluding ortho intramolecular Hbond substituents is 1. The van der Waals surface area contributed by atoms with Crippen molar-refractivity contribution in [2.24, 2.45) is 4.99 Å². The molecule has 1 aliphatic rings. The van der Waals surface area contributed by atoms with Gasteiger partial charge in [0, 0.05) is 11.6 Å².